The van der Waals surface area contributed by atoms with Crippen molar-refractivity contribution in [3.05, 3.63) is 45.4 Å². The predicted molar refractivity (Wildman–Crippen MR) is 138 cm³/mol. The molecule has 0 radical (unpaired) electrons. The molecule has 1 aliphatic rings. The summed E-state index contributed by atoms with van der Waals surface area (Å²) in [6.45, 7) is 8.95. The molecule has 0 saturated carbocycles. The van der Waals surface area contributed by atoms with Gasteiger partial charge in [-0.3, -0.25) is 4.79 Å². The van der Waals surface area contributed by atoms with Crippen LogP contribution in [0.5, 0.6) is 0 Å². The molecule has 0 spiro atoms. The van der Waals surface area contributed by atoms with E-state index in [9.17, 15) is 4.79 Å². The van der Waals surface area contributed by atoms with Crippen LogP contribution in [0.2, 0.25) is 0 Å². The fraction of sp³-hybridized carbons (Fsp3) is 0.500. The lowest BCUT2D eigenvalue weighted by Crippen LogP contribution is -2.38. The van der Waals surface area contributed by atoms with E-state index in [0.717, 1.165) is 60.3 Å². The fourth-order valence-electron chi connectivity index (χ4n) is 3.20. The number of halogens is 1. The van der Waals surface area contributed by atoms with E-state index in [-0.39, 0.29) is 36.0 Å². The molecule has 1 amide bonds. The first-order valence-corrected chi connectivity index (χ1v) is 11.3. The molecule has 0 bridgehead atoms. The third kappa shape index (κ3) is 8.04. The summed E-state index contributed by atoms with van der Waals surface area (Å²) in [7, 11) is 0. The van der Waals surface area contributed by atoms with Crippen LogP contribution in [0.1, 0.15) is 40.9 Å². The minimum absolute atomic E-state index is 0. The lowest BCUT2D eigenvalue weighted by Gasteiger charge is -2.12. The summed E-state index contributed by atoms with van der Waals surface area (Å²) in [5.74, 6) is 0.701. The zero-order valence-corrected chi connectivity index (χ0v) is 21.5. The van der Waals surface area contributed by atoms with E-state index in [4.69, 9.17) is 4.74 Å². The third-order valence-electron chi connectivity index (χ3n) is 4.88. The molecule has 31 heavy (non-hydrogen) atoms. The number of benzene rings is 1. The Morgan fingerprint density at radius 1 is 1.32 bits per heavy atom. The Bertz CT molecular complexity index is 861. The summed E-state index contributed by atoms with van der Waals surface area (Å²) in [4.78, 5) is 22.8. The number of rotatable bonds is 8. The van der Waals surface area contributed by atoms with Crippen molar-refractivity contribution < 1.29 is 9.53 Å². The molecule has 1 atom stereocenters. The molecule has 1 fully saturated rings. The van der Waals surface area contributed by atoms with Gasteiger partial charge in [-0.1, -0.05) is 12.1 Å². The number of aliphatic imine (C=N–C) groups is 1. The van der Waals surface area contributed by atoms with Crippen LogP contribution >= 0.6 is 35.3 Å². The van der Waals surface area contributed by atoms with Crippen molar-refractivity contribution in [2.45, 2.75) is 52.7 Å². The highest BCUT2D eigenvalue weighted by atomic mass is 127. The van der Waals surface area contributed by atoms with Gasteiger partial charge in [-0.2, -0.15) is 0 Å². The van der Waals surface area contributed by atoms with Crippen LogP contribution in [0.15, 0.2) is 29.3 Å². The van der Waals surface area contributed by atoms with Gasteiger partial charge in [-0.25, -0.2) is 9.98 Å². The smallest absolute Gasteiger partial charge is 0.253 e. The molecule has 9 heteroatoms. The van der Waals surface area contributed by atoms with Crippen molar-refractivity contribution in [3.8, 4) is 0 Å². The number of carbonyl (C=O) groups is 1. The van der Waals surface area contributed by atoms with Crippen molar-refractivity contribution in [3.63, 3.8) is 0 Å². The van der Waals surface area contributed by atoms with Crippen LogP contribution in [0.4, 0.5) is 5.69 Å². The second-order valence-electron chi connectivity index (χ2n) is 7.31. The number of aryl methyl sites for hydroxylation is 2. The minimum atomic E-state index is -0.332. The average molecular weight is 558 g/mol. The largest absolute Gasteiger partial charge is 0.368 e. The highest BCUT2D eigenvalue weighted by molar-refractivity contribution is 14.0. The molecule has 3 rings (SSSR count). The lowest BCUT2D eigenvalue weighted by atomic mass is 10.2. The van der Waals surface area contributed by atoms with Crippen molar-refractivity contribution in [2.24, 2.45) is 4.99 Å². The van der Waals surface area contributed by atoms with Crippen LogP contribution in [0, 0.1) is 13.8 Å². The van der Waals surface area contributed by atoms with E-state index in [0.29, 0.717) is 13.2 Å². The molecule has 1 aliphatic heterocycles. The number of ether oxygens (including phenoxy) is 1. The van der Waals surface area contributed by atoms with Gasteiger partial charge in [0.15, 0.2) is 5.96 Å². The molecule has 1 aromatic carbocycles. The second-order valence-corrected chi connectivity index (χ2v) is 8.60. The van der Waals surface area contributed by atoms with Crippen molar-refractivity contribution >= 4 is 52.9 Å². The molecule has 3 N–H and O–H groups in total. The molecule has 0 aliphatic carbocycles. The van der Waals surface area contributed by atoms with Gasteiger partial charge in [0.1, 0.15) is 6.10 Å². The van der Waals surface area contributed by atoms with Crippen LogP contribution in [-0.2, 0) is 22.5 Å². The van der Waals surface area contributed by atoms with E-state index < -0.39 is 0 Å². The average Bonchev–Trinajstić information content (AvgIpc) is 3.37. The number of hydrogen-bond donors (Lipinski definition) is 3. The topological polar surface area (TPSA) is 87.6 Å². The first-order chi connectivity index (χ1) is 14.5. The SMILES string of the molecule is CCNC(=NCc1cccc(NC(=O)C2CCCO2)c1)NCCc1nc(C)c(C)s1.I. The van der Waals surface area contributed by atoms with Crippen LogP contribution in [0.3, 0.4) is 0 Å². The second kappa shape index (κ2) is 13.0. The van der Waals surface area contributed by atoms with Gasteiger partial charge in [0.25, 0.3) is 5.91 Å². The summed E-state index contributed by atoms with van der Waals surface area (Å²) >= 11 is 1.75. The van der Waals surface area contributed by atoms with Crippen molar-refractivity contribution in [2.75, 3.05) is 25.0 Å². The number of aromatic nitrogens is 1. The normalized spacial score (nSPS) is 16.0. The zero-order valence-electron chi connectivity index (χ0n) is 18.4. The maximum Gasteiger partial charge on any atom is 0.253 e. The lowest BCUT2D eigenvalue weighted by molar-refractivity contribution is -0.124. The summed E-state index contributed by atoms with van der Waals surface area (Å²) in [5.41, 5.74) is 2.92. The third-order valence-corrected chi connectivity index (χ3v) is 6.02. The van der Waals surface area contributed by atoms with Gasteiger partial charge in [-0.05, 0) is 51.3 Å². The fourth-order valence-corrected chi connectivity index (χ4v) is 4.13. The molecule has 1 saturated heterocycles. The molecular weight excluding hydrogens is 525 g/mol. The first-order valence-electron chi connectivity index (χ1n) is 10.5. The minimum Gasteiger partial charge on any atom is -0.368 e. The Morgan fingerprint density at radius 3 is 2.84 bits per heavy atom. The molecule has 2 heterocycles. The Morgan fingerprint density at radius 2 is 2.16 bits per heavy atom. The molecule has 1 aromatic heterocycles. The van der Waals surface area contributed by atoms with E-state index in [2.05, 4.69) is 32.9 Å². The number of nitrogens with zero attached hydrogens (tertiary/aromatic N) is 2. The first kappa shape index (κ1) is 25.5. The number of anilines is 1. The highest BCUT2D eigenvalue weighted by Crippen LogP contribution is 2.17. The van der Waals surface area contributed by atoms with Crippen molar-refractivity contribution in [1.82, 2.24) is 15.6 Å². The number of thiazole rings is 1. The number of hydrogen-bond acceptors (Lipinski definition) is 5. The molecule has 170 valence electrons. The molecular formula is C22H32IN5O2S. The number of nitrogens with one attached hydrogen (secondary N) is 3. The van der Waals surface area contributed by atoms with Crippen molar-refractivity contribution in [1.29, 1.82) is 0 Å². The maximum atomic E-state index is 12.2. The van der Waals surface area contributed by atoms with Crippen LogP contribution in [0.25, 0.3) is 0 Å². The number of guanidine groups is 1. The summed E-state index contributed by atoms with van der Waals surface area (Å²) < 4.78 is 5.45. The summed E-state index contributed by atoms with van der Waals surface area (Å²) in [5, 5.41) is 10.7. The Balaban J connectivity index is 0.00000341. The highest BCUT2D eigenvalue weighted by Gasteiger charge is 2.23. The quantitative estimate of drug-likeness (QED) is 0.261. The standard InChI is InChI=1S/C22H31N5O2S.HI/c1-4-23-22(24-11-10-20-26-15(2)16(3)30-20)25-14-17-7-5-8-18(13-17)27-21(28)19-9-6-12-29-19;/h5,7-8,13,19H,4,6,9-12,14H2,1-3H3,(H,27,28)(H2,23,24,25);1H. The Hall–Kier alpha value is -1.72. The molecule has 2 aromatic rings. The van der Waals surface area contributed by atoms with Gasteiger partial charge < -0.3 is 20.7 Å². The predicted octanol–water partition coefficient (Wildman–Crippen LogP) is 3.79. The van der Waals surface area contributed by atoms with Gasteiger partial charge in [0.05, 0.1) is 17.2 Å². The number of carbonyl (C=O) groups excluding carboxylic acids is 1. The Kier molecular flexibility index (Phi) is 10.7. The number of amides is 1. The van der Waals surface area contributed by atoms with Gasteiger partial charge in [0, 0.05) is 36.7 Å². The van der Waals surface area contributed by atoms with Crippen LogP contribution in [-0.4, -0.2) is 42.7 Å². The van der Waals surface area contributed by atoms with Gasteiger partial charge in [-0.15, -0.1) is 35.3 Å². The molecule has 1 unspecified atom stereocenters. The van der Waals surface area contributed by atoms with Gasteiger partial charge >= 0.3 is 0 Å². The summed E-state index contributed by atoms with van der Waals surface area (Å²) in [6, 6.07) is 7.79. The summed E-state index contributed by atoms with van der Waals surface area (Å²) in [6.07, 6.45) is 2.26. The van der Waals surface area contributed by atoms with E-state index in [1.54, 1.807) is 11.3 Å². The molecule has 7 nitrogen and oxygen atoms in total. The monoisotopic (exact) mass is 557 g/mol. The van der Waals surface area contributed by atoms with E-state index in [1.165, 1.54) is 4.88 Å². The maximum absolute atomic E-state index is 12.2. The van der Waals surface area contributed by atoms with E-state index >= 15 is 0 Å². The van der Waals surface area contributed by atoms with Gasteiger partial charge in [0.2, 0.25) is 0 Å². The zero-order chi connectivity index (χ0) is 21.3. The Labute approximate surface area is 205 Å². The van der Waals surface area contributed by atoms with Crippen LogP contribution < -0.4 is 16.0 Å². The van der Waals surface area contributed by atoms with E-state index in [1.807, 2.05) is 38.1 Å².